The highest BCUT2D eigenvalue weighted by Crippen LogP contribution is 2.39. The first-order valence-electron chi connectivity index (χ1n) is 9.45. The Morgan fingerprint density at radius 1 is 1.09 bits per heavy atom. The number of carbonyl (C=O) groups excluding carboxylic acids is 1. The second-order valence-corrected chi connectivity index (χ2v) is 7.04. The second kappa shape index (κ2) is 10.9. The Kier molecular flexibility index (Phi) is 7.96. The molecule has 32 heavy (non-hydrogen) atoms. The smallest absolute Gasteiger partial charge is 0.391 e. The Morgan fingerprint density at radius 3 is 2.28 bits per heavy atom. The van der Waals surface area contributed by atoms with Crippen LogP contribution in [0.15, 0.2) is 36.4 Å². The normalized spacial score (nSPS) is 10.8. The van der Waals surface area contributed by atoms with Gasteiger partial charge >= 0.3 is 8.60 Å². The first-order chi connectivity index (χ1) is 15.5. The molecule has 170 valence electrons. The zero-order valence-corrected chi connectivity index (χ0v) is 18.3. The molecular formula is C20H23N4O7P. The van der Waals surface area contributed by atoms with Crippen LogP contribution in [0.1, 0.15) is 16.1 Å². The van der Waals surface area contributed by atoms with Crippen molar-refractivity contribution in [3.63, 3.8) is 0 Å². The Morgan fingerprint density at radius 2 is 1.72 bits per heavy atom. The van der Waals surface area contributed by atoms with Crippen LogP contribution in [0, 0.1) is 0 Å². The molecule has 0 spiro atoms. The maximum Gasteiger partial charge on any atom is 0.391 e. The van der Waals surface area contributed by atoms with Crippen LogP contribution in [0.25, 0.3) is 11.0 Å². The van der Waals surface area contributed by atoms with Crippen molar-refractivity contribution in [3.05, 3.63) is 47.7 Å². The molecule has 1 amide bonds. The number of ether oxygens (including phenoxy) is 3. The summed E-state index contributed by atoms with van der Waals surface area (Å²) in [6.07, 6.45) is 0. The number of aromatic nitrogens is 2. The van der Waals surface area contributed by atoms with Gasteiger partial charge in [0.15, 0.2) is 5.69 Å². The quantitative estimate of drug-likeness (QED) is 0.325. The fourth-order valence-electron chi connectivity index (χ4n) is 2.89. The molecule has 1 aromatic heterocycles. The number of fused-ring (bicyclic) bond motifs is 1. The van der Waals surface area contributed by atoms with E-state index in [-0.39, 0.29) is 37.0 Å². The first-order valence-corrected chi connectivity index (χ1v) is 10.6. The molecule has 0 saturated heterocycles. The van der Waals surface area contributed by atoms with Gasteiger partial charge in [-0.1, -0.05) is 12.1 Å². The van der Waals surface area contributed by atoms with Gasteiger partial charge in [0.05, 0.1) is 30.8 Å². The van der Waals surface area contributed by atoms with Gasteiger partial charge in [0.2, 0.25) is 5.88 Å². The highest BCUT2D eigenvalue weighted by Gasteiger charge is 2.21. The Bertz CT molecular complexity index is 1070. The van der Waals surface area contributed by atoms with Gasteiger partial charge in [-0.05, 0) is 12.1 Å². The monoisotopic (exact) mass is 462 g/mol. The summed E-state index contributed by atoms with van der Waals surface area (Å²) in [5, 5.41) is 2.66. The van der Waals surface area contributed by atoms with Crippen LogP contribution in [0.4, 0.5) is 0 Å². The number of nitrogens with zero attached hydrogens (tertiary/aromatic N) is 2. The summed E-state index contributed by atoms with van der Waals surface area (Å²) in [6.45, 7) is 0.466. The lowest BCUT2D eigenvalue weighted by Gasteiger charge is -2.17. The van der Waals surface area contributed by atoms with Crippen molar-refractivity contribution >= 4 is 25.5 Å². The molecule has 0 aliphatic carbocycles. The number of hydrogen-bond acceptors (Lipinski definition) is 10. The molecule has 11 nitrogen and oxygen atoms in total. The van der Waals surface area contributed by atoms with Gasteiger partial charge in [-0.15, -0.1) is 0 Å². The number of methoxy groups -OCH3 is 2. The number of amides is 1. The van der Waals surface area contributed by atoms with Crippen molar-refractivity contribution in [1.29, 1.82) is 0 Å². The molecule has 12 heteroatoms. The third-order valence-corrected chi connectivity index (χ3v) is 4.68. The predicted octanol–water partition coefficient (Wildman–Crippen LogP) is 1.50. The molecule has 0 atom stereocenters. The van der Waals surface area contributed by atoms with Crippen LogP contribution in [-0.2, 0) is 6.61 Å². The van der Waals surface area contributed by atoms with E-state index in [9.17, 15) is 4.79 Å². The summed E-state index contributed by atoms with van der Waals surface area (Å²) in [5.74, 6) is 0.339. The van der Waals surface area contributed by atoms with E-state index in [0.717, 1.165) is 0 Å². The zero-order valence-electron chi connectivity index (χ0n) is 17.4. The van der Waals surface area contributed by atoms with Gasteiger partial charge < -0.3 is 39.6 Å². The molecule has 2 aromatic carbocycles. The van der Waals surface area contributed by atoms with E-state index < -0.39 is 14.5 Å². The number of rotatable bonds is 10. The Labute approximate surface area is 185 Å². The maximum atomic E-state index is 12.6. The van der Waals surface area contributed by atoms with E-state index in [1.165, 1.54) is 26.4 Å². The molecule has 0 bridgehead atoms. The topological polar surface area (TPSA) is 158 Å². The van der Waals surface area contributed by atoms with Gasteiger partial charge in [-0.25, -0.2) is 9.97 Å². The van der Waals surface area contributed by atoms with Gasteiger partial charge in [0.25, 0.3) is 5.91 Å². The lowest BCUT2D eigenvalue weighted by molar-refractivity contribution is 0.0944. The molecule has 0 aliphatic rings. The summed E-state index contributed by atoms with van der Waals surface area (Å²) in [5.41, 5.74) is 7.08. The predicted molar refractivity (Wildman–Crippen MR) is 117 cm³/mol. The highest BCUT2D eigenvalue weighted by atomic mass is 31.2. The summed E-state index contributed by atoms with van der Waals surface area (Å²) >= 11 is 0. The van der Waals surface area contributed by atoms with Crippen molar-refractivity contribution < 1.29 is 33.3 Å². The van der Waals surface area contributed by atoms with Crippen LogP contribution in [-0.4, -0.2) is 53.0 Å². The molecule has 5 N–H and O–H groups in total. The first kappa shape index (κ1) is 23.4. The van der Waals surface area contributed by atoms with E-state index in [4.69, 9.17) is 34.3 Å². The lowest BCUT2D eigenvalue weighted by atomic mass is 10.1. The van der Waals surface area contributed by atoms with Crippen LogP contribution >= 0.6 is 8.60 Å². The minimum atomic E-state index is -2.61. The third kappa shape index (κ3) is 5.51. The van der Waals surface area contributed by atoms with Gasteiger partial charge in [-0.2, -0.15) is 0 Å². The number of para-hydroxylation sites is 2. The number of nitrogens with one attached hydrogen (secondary N) is 1. The van der Waals surface area contributed by atoms with Crippen LogP contribution < -0.4 is 29.8 Å². The second-order valence-electron chi connectivity index (χ2n) is 6.35. The van der Waals surface area contributed by atoms with Gasteiger partial charge in [-0.3, -0.25) is 4.79 Å². The van der Waals surface area contributed by atoms with E-state index in [2.05, 4.69) is 15.3 Å². The van der Waals surface area contributed by atoms with Crippen molar-refractivity contribution in [2.24, 2.45) is 5.73 Å². The molecule has 3 aromatic rings. The summed E-state index contributed by atoms with van der Waals surface area (Å²) in [4.78, 5) is 39.7. The maximum absolute atomic E-state index is 12.6. The zero-order chi connectivity index (χ0) is 23.1. The van der Waals surface area contributed by atoms with Crippen LogP contribution in [0.2, 0.25) is 0 Å². The SMILES string of the molecule is COc1cc(OP(O)O)cc(OC)c1COc1nc2ccccc2nc1C(=O)NCCN. The van der Waals surface area contributed by atoms with Gasteiger partial charge in [0, 0.05) is 25.2 Å². The fraction of sp³-hybridized carbons (Fsp3) is 0.250. The summed E-state index contributed by atoms with van der Waals surface area (Å²) in [7, 11) is 0.256. The van der Waals surface area contributed by atoms with Crippen molar-refractivity contribution in [3.8, 4) is 23.1 Å². The summed E-state index contributed by atoms with van der Waals surface area (Å²) in [6, 6.07) is 10.0. The molecule has 1 heterocycles. The molecule has 3 rings (SSSR count). The van der Waals surface area contributed by atoms with Crippen molar-refractivity contribution in [2.45, 2.75) is 6.61 Å². The lowest BCUT2D eigenvalue weighted by Crippen LogP contribution is -2.30. The fourth-order valence-corrected chi connectivity index (χ4v) is 3.19. The average molecular weight is 462 g/mol. The van der Waals surface area contributed by atoms with Crippen LogP contribution in [0.3, 0.4) is 0 Å². The molecule has 0 radical (unpaired) electrons. The molecule has 0 unspecified atom stereocenters. The van der Waals surface area contributed by atoms with E-state index >= 15 is 0 Å². The minimum absolute atomic E-state index is 0.0150. The standard InChI is InChI=1S/C20H23N4O7P/c1-28-16-9-12(31-32(26)27)10-17(29-2)13(16)11-30-20-18(19(25)22-8-7-21)23-14-5-3-4-6-15(14)24-20/h3-6,9-10,26-27H,7-8,11,21H2,1-2H3,(H,22,25). The molecule has 0 fully saturated rings. The van der Waals surface area contributed by atoms with Crippen LogP contribution in [0.5, 0.6) is 23.1 Å². The number of benzene rings is 2. The molecule has 0 saturated carbocycles. The Balaban J connectivity index is 1.96. The number of nitrogens with two attached hydrogens (primary N) is 1. The van der Waals surface area contributed by atoms with Crippen molar-refractivity contribution in [2.75, 3.05) is 27.3 Å². The summed E-state index contributed by atoms with van der Waals surface area (Å²) < 4.78 is 21.6. The van der Waals surface area contributed by atoms with E-state index in [0.29, 0.717) is 28.1 Å². The third-order valence-electron chi connectivity index (χ3n) is 4.31. The van der Waals surface area contributed by atoms with Gasteiger partial charge in [0.1, 0.15) is 23.9 Å². The Hall–Kier alpha value is -3.24. The number of hydrogen-bond donors (Lipinski definition) is 4. The highest BCUT2D eigenvalue weighted by molar-refractivity contribution is 7.39. The molecular weight excluding hydrogens is 439 g/mol. The molecule has 0 aliphatic heterocycles. The minimum Gasteiger partial charge on any atom is -0.496 e. The average Bonchev–Trinajstić information content (AvgIpc) is 2.79. The van der Waals surface area contributed by atoms with E-state index in [1.807, 2.05) is 0 Å². The largest absolute Gasteiger partial charge is 0.496 e. The number of carbonyl (C=O) groups is 1. The van der Waals surface area contributed by atoms with Crippen molar-refractivity contribution in [1.82, 2.24) is 15.3 Å². The van der Waals surface area contributed by atoms with E-state index in [1.54, 1.807) is 24.3 Å².